The van der Waals surface area contributed by atoms with Gasteiger partial charge in [0.25, 0.3) is 10.0 Å². The molecule has 3 rings (SSSR count). The number of nitrogens with zero attached hydrogens (tertiary/aromatic N) is 1. The highest BCUT2D eigenvalue weighted by atomic mass is 35.5. The molecule has 0 fully saturated rings. The van der Waals surface area contributed by atoms with Crippen LogP contribution in [0.2, 0.25) is 5.02 Å². The smallest absolute Gasteiger partial charge is 0.252 e. The van der Waals surface area contributed by atoms with Crippen LogP contribution in [-0.2, 0) is 26.2 Å². The Hall–Kier alpha value is -1.59. The lowest BCUT2D eigenvalue weighted by Crippen LogP contribution is -2.34. The van der Waals surface area contributed by atoms with Crippen molar-refractivity contribution in [1.82, 2.24) is 9.62 Å². The zero-order valence-electron chi connectivity index (χ0n) is 16.5. The molecule has 0 saturated carbocycles. The molecule has 2 aromatic rings. The lowest BCUT2D eigenvalue weighted by Gasteiger charge is -2.23. The van der Waals surface area contributed by atoms with E-state index in [9.17, 15) is 18.0 Å². The normalized spacial score (nSPS) is 16.3. The van der Waals surface area contributed by atoms with Crippen molar-refractivity contribution in [3.05, 3.63) is 40.2 Å². The van der Waals surface area contributed by atoms with E-state index in [1.807, 2.05) is 6.07 Å². The molecule has 2 N–H and O–H groups in total. The minimum Gasteiger partial charge on any atom is -0.351 e. The van der Waals surface area contributed by atoms with Crippen molar-refractivity contribution in [3.63, 3.8) is 0 Å². The van der Waals surface area contributed by atoms with Gasteiger partial charge in [-0.2, -0.15) is 4.31 Å². The minimum absolute atomic E-state index is 0.0224. The molecule has 30 heavy (non-hydrogen) atoms. The fourth-order valence-electron chi connectivity index (χ4n) is 2.97. The molecule has 0 spiro atoms. The molecule has 1 aromatic heterocycles. The molecule has 2 heterocycles. The van der Waals surface area contributed by atoms with Gasteiger partial charge in [0.2, 0.25) is 11.8 Å². The van der Waals surface area contributed by atoms with Gasteiger partial charge in [-0.3, -0.25) is 9.59 Å². The first-order valence-corrected chi connectivity index (χ1v) is 12.9. The third-order valence-corrected chi connectivity index (χ3v) is 9.64. The second-order valence-electron chi connectivity index (χ2n) is 6.53. The molecule has 2 amide bonds. The topological polar surface area (TPSA) is 95.6 Å². The van der Waals surface area contributed by atoms with E-state index in [1.54, 1.807) is 38.1 Å². The van der Waals surface area contributed by atoms with Gasteiger partial charge in [-0.15, -0.1) is 23.1 Å². The minimum atomic E-state index is -3.51. The van der Waals surface area contributed by atoms with Crippen molar-refractivity contribution < 1.29 is 18.0 Å². The Kier molecular flexibility index (Phi) is 7.46. The molecule has 162 valence electrons. The van der Waals surface area contributed by atoms with E-state index in [0.29, 0.717) is 23.8 Å². The summed E-state index contributed by atoms with van der Waals surface area (Å²) in [4.78, 5) is 26.2. The Morgan fingerprint density at radius 1 is 1.23 bits per heavy atom. The van der Waals surface area contributed by atoms with Crippen molar-refractivity contribution >= 4 is 62.2 Å². The van der Waals surface area contributed by atoms with Crippen molar-refractivity contribution in [3.8, 4) is 0 Å². The number of carbonyl (C=O) groups is 2. The van der Waals surface area contributed by atoms with Gasteiger partial charge in [-0.05, 0) is 30.3 Å². The summed E-state index contributed by atoms with van der Waals surface area (Å²) in [7, 11) is -3.51. The third-order valence-electron chi connectivity index (χ3n) is 4.53. The van der Waals surface area contributed by atoms with Crippen LogP contribution >= 0.6 is 34.7 Å². The van der Waals surface area contributed by atoms with E-state index in [-0.39, 0.29) is 29.0 Å². The summed E-state index contributed by atoms with van der Waals surface area (Å²) in [5, 5.41) is 5.54. The fraction of sp³-hybridized carbons (Fsp3) is 0.368. The first-order valence-electron chi connectivity index (χ1n) is 9.37. The summed E-state index contributed by atoms with van der Waals surface area (Å²) in [5.74, 6) is -0.518. The lowest BCUT2D eigenvalue weighted by atomic mass is 10.2. The predicted molar refractivity (Wildman–Crippen MR) is 121 cm³/mol. The lowest BCUT2D eigenvalue weighted by molar-refractivity contribution is -0.124. The third kappa shape index (κ3) is 5.17. The van der Waals surface area contributed by atoms with E-state index >= 15 is 0 Å². The molecule has 1 unspecified atom stereocenters. The number of sulfonamides is 1. The van der Waals surface area contributed by atoms with Gasteiger partial charge in [0.1, 0.15) is 4.21 Å². The monoisotopic (exact) mass is 487 g/mol. The van der Waals surface area contributed by atoms with Crippen LogP contribution in [0.1, 0.15) is 25.1 Å². The molecule has 1 atom stereocenters. The molecule has 11 heteroatoms. The zero-order valence-corrected chi connectivity index (χ0v) is 19.7. The maximum absolute atomic E-state index is 12.6. The Bertz CT molecular complexity index is 1050. The summed E-state index contributed by atoms with van der Waals surface area (Å²) in [6.07, 6.45) is 0.0224. The largest absolute Gasteiger partial charge is 0.351 e. The Balaban J connectivity index is 1.57. The van der Waals surface area contributed by atoms with Gasteiger partial charge in [0.15, 0.2) is 0 Å². The van der Waals surface area contributed by atoms with Gasteiger partial charge >= 0.3 is 0 Å². The van der Waals surface area contributed by atoms with Crippen LogP contribution < -0.4 is 10.6 Å². The van der Waals surface area contributed by atoms with Crippen LogP contribution in [0.4, 0.5) is 5.69 Å². The van der Waals surface area contributed by atoms with Crippen molar-refractivity contribution in [2.45, 2.75) is 41.2 Å². The summed E-state index contributed by atoms with van der Waals surface area (Å²) < 4.78 is 26.8. The van der Waals surface area contributed by atoms with E-state index in [2.05, 4.69) is 10.6 Å². The number of rotatable bonds is 8. The number of benzene rings is 1. The SMILES string of the molecule is CCN(CC)S(=O)(=O)c1ccc(CNC(=O)CC2Sc3ccc(Cl)cc3NC2=O)s1. The summed E-state index contributed by atoms with van der Waals surface area (Å²) in [6.45, 7) is 4.60. The predicted octanol–water partition coefficient (Wildman–Crippen LogP) is 3.55. The summed E-state index contributed by atoms with van der Waals surface area (Å²) in [5.41, 5.74) is 0.648. The Morgan fingerprint density at radius 3 is 2.67 bits per heavy atom. The number of nitrogens with one attached hydrogen (secondary N) is 2. The number of anilines is 1. The maximum atomic E-state index is 12.6. The van der Waals surface area contributed by atoms with Crippen molar-refractivity contribution in [1.29, 1.82) is 0 Å². The van der Waals surface area contributed by atoms with Crippen LogP contribution in [-0.4, -0.2) is 42.9 Å². The number of thiophene rings is 1. The van der Waals surface area contributed by atoms with Crippen LogP contribution in [0, 0.1) is 0 Å². The van der Waals surface area contributed by atoms with Gasteiger partial charge in [-0.1, -0.05) is 25.4 Å². The fourth-order valence-corrected chi connectivity index (χ4v) is 7.14. The van der Waals surface area contributed by atoms with Crippen LogP contribution in [0.3, 0.4) is 0 Å². The summed E-state index contributed by atoms with van der Waals surface area (Å²) >= 11 is 8.41. The van der Waals surface area contributed by atoms with E-state index in [4.69, 9.17) is 11.6 Å². The van der Waals surface area contributed by atoms with Gasteiger partial charge in [-0.25, -0.2) is 8.42 Å². The molecule has 0 bridgehead atoms. The molecule has 0 radical (unpaired) electrons. The van der Waals surface area contributed by atoms with Crippen LogP contribution in [0.15, 0.2) is 39.4 Å². The second kappa shape index (κ2) is 9.69. The van der Waals surface area contributed by atoms with Crippen molar-refractivity contribution in [2.24, 2.45) is 0 Å². The molecular formula is C19H22ClN3O4S3. The Labute approximate surface area is 189 Å². The molecular weight excluding hydrogens is 466 g/mol. The molecule has 1 aliphatic heterocycles. The quantitative estimate of drug-likeness (QED) is 0.593. The Morgan fingerprint density at radius 2 is 1.97 bits per heavy atom. The maximum Gasteiger partial charge on any atom is 0.252 e. The first kappa shape index (κ1) is 23.1. The first-order chi connectivity index (χ1) is 14.2. The number of fused-ring (bicyclic) bond motifs is 1. The van der Waals surface area contributed by atoms with Crippen LogP contribution in [0.5, 0.6) is 0 Å². The van der Waals surface area contributed by atoms with E-state index in [0.717, 1.165) is 21.1 Å². The number of carbonyl (C=O) groups excluding carboxylic acids is 2. The van der Waals surface area contributed by atoms with Crippen molar-refractivity contribution in [2.75, 3.05) is 18.4 Å². The molecule has 1 aromatic carbocycles. The summed E-state index contributed by atoms with van der Waals surface area (Å²) in [6, 6.07) is 8.49. The average Bonchev–Trinajstić information content (AvgIpc) is 3.18. The van der Waals surface area contributed by atoms with Gasteiger partial charge in [0.05, 0.1) is 17.5 Å². The average molecular weight is 488 g/mol. The standard InChI is InChI=1S/C19H22ClN3O4S3/c1-3-23(4-2)30(26,27)18-8-6-13(28-18)11-21-17(24)10-16-19(25)22-14-9-12(20)5-7-15(14)29-16/h5-9,16H,3-4,10-11H2,1-2H3,(H,21,24)(H,22,25). The number of amides is 2. The number of thioether (sulfide) groups is 1. The van der Waals surface area contributed by atoms with Crippen LogP contribution in [0.25, 0.3) is 0 Å². The highest BCUT2D eigenvalue weighted by molar-refractivity contribution is 8.01. The van der Waals surface area contributed by atoms with Gasteiger partial charge in [0, 0.05) is 34.3 Å². The molecule has 0 saturated heterocycles. The molecule has 1 aliphatic rings. The number of hydrogen-bond donors (Lipinski definition) is 2. The second-order valence-corrected chi connectivity index (χ2v) is 11.5. The highest BCUT2D eigenvalue weighted by Gasteiger charge is 2.29. The van der Waals surface area contributed by atoms with Gasteiger partial charge < -0.3 is 10.6 Å². The number of halogens is 1. The highest BCUT2D eigenvalue weighted by Crippen LogP contribution is 2.38. The van der Waals surface area contributed by atoms with E-state index < -0.39 is 15.3 Å². The van der Waals surface area contributed by atoms with E-state index in [1.165, 1.54) is 16.1 Å². The number of hydrogen-bond acceptors (Lipinski definition) is 6. The molecule has 0 aliphatic carbocycles. The zero-order chi connectivity index (χ0) is 21.9. The molecule has 7 nitrogen and oxygen atoms in total.